The maximum Gasteiger partial charge on any atom is 0.0542 e. The Morgan fingerprint density at radius 3 is 1.36 bits per heavy atom. The van der Waals surface area contributed by atoms with Gasteiger partial charge < -0.3 is 14.0 Å². The van der Waals surface area contributed by atoms with Gasteiger partial charge in [0.05, 0.1) is 27.8 Å². The number of benzene rings is 10. The van der Waals surface area contributed by atoms with E-state index in [1.54, 1.807) is 0 Å². The van der Waals surface area contributed by atoms with Crippen LogP contribution in [0.2, 0.25) is 0 Å². The van der Waals surface area contributed by atoms with E-state index >= 15 is 0 Å². The topological polar surface area (TPSA) is 13.1 Å². The number of hydrogen-bond donors (Lipinski definition) is 0. The molecule has 0 amide bonds. The van der Waals surface area contributed by atoms with Crippen molar-refractivity contribution in [3.8, 4) is 11.4 Å². The minimum atomic E-state index is 0.426. The highest BCUT2D eigenvalue weighted by Crippen LogP contribution is 2.47. The van der Waals surface area contributed by atoms with Crippen LogP contribution < -0.4 is 4.90 Å². The van der Waals surface area contributed by atoms with Crippen LogP contribution in [-0.4, -0.2) is 9.13 Å². The number of hydrogen-bond acceptors (Lipinski definition) is 1. The minimum Gasteiger partial charge on any atom is -0.310 e. The van der Waals surface area contributed by atoms with Gasteiger partial charge in [-0.05, 0) is 117 Å². The number of anilines is 3. The monoisotopic (exact) mass is 741 g/mol. The first-order valence-electron chi connectivity index (χ1n) is 20.3. The molecule has 0 N–H and O–H groups in total. The molecule has 10 aromatic carbocycles. The van der Waals surface area contributed by atoms with E-state index in [9.17, 15) is 0 Å². The third kappa shape index (κ3) is 4.74. The van der Waals surface area contributed by atoms with Crippen LogP contribution in [-0.2, 0) is 0 Å². The maximum absolute atomic E-state index is 2.50. The van der Waals surface area contributed by atoms with Gasteiger partial charge in [0.1, 0.15) is 0 Å². The first-order valence-corrected chi connectivity index (χ1v) is 20.3. The molecule has 2 aromatic heterocycles. The highest BCUT2D eigenvalue weighted by atomic mass is 15.1. The van der Waals surface area contributed by atoms with E-state index < -0.39 is 0 Å². The molecular weight excluding hydrogens is 703 g/mol. The lowest BCUT2D eigenvalue weighted by molar-refractivity contribution is 0.877. The third-order valence-electron chi connectivity index (χ3n) is 12.4. The molecule has 0 radical (unpaired) electrons. The summed E-state index contributed by atoms with van der Waals surface area (Å²) in [5.41, 5.74) is 11.9. The SMILES string of the molecule is CC(C)c1ccc2ccc3c(N(c4ccc5c(c4)c4ccccc4n5-c4ccccc4)c4ccc5c(c4)c4ccccc4n5-c4ccccc4)ccc4ccc1c2c43. The molecule has 274 valence electrons. The average Bonchev–Trinajstić information content (AvgIpc) is 3.79. The first-order chi connectivity index (χ1) is 28.6. The molecule has 0 bridgehead atoms. The number of rotatable bonds is 6. The van der Waals surface area contributed by atoms with Gasteiger partial charge in [0, 0.05) is 49.7 Å². The van der Waals surface area contributed by atoms with Crippen molar-refractivity contribution in [1.82, 2.24) is 9.13 Å². The van der Waals surface area contributed by atoms with Gasteiger partial charge in [-0.3, -0.25) is 0 Å². The Bertz CT molecular complexity index is 3380. The highest BCUT2D eigenvalue weighted by molar-refractivity contribution is 6.26. The number of fused-ring (bicyclic) bond motifs is 6. The molecule has 58 heavy (non-hydrogen) atoms. The molecule has 0 saturated carbocycles. The summed E-state index contributed by atoms with van der Waals surface area (Å²) < 4.78 is 4.79. The number of para-hydroxylation sites is 4. The molecule has 2 heterocycles. The predicted octanol–water partition coefficient (Wildman–Crippen LogP) is 15.4. The van der Waals surface area contributed by atoms with Gasteiger partial charge in [-0.15, -0.1) is 0 Å². The molecule has 0 aliphatic carbocycles. The van der Waals surface area contributed by atoms with Crippen LogP contribution in [0.5, 0.6) is 0 Å². The molecule has 0 aliphatic rings. The molecule has 12 rings (SSSR count). The largest absolute Gasteiger partial charge is 0.310 e. The summed E-state index contributed by atoms with van der Waals surface area (Å²) in [6.07, 6.45) is 0. The summed E-state index contributed by atoms with van der Waals surface area (Å²) in [6.45, 7) is 4.60. The maximum atomic E-state index is 2.50. The predicted molar refractivity (Wildman–Crippen MR) is 248 cm³/mol. The van der Waals surface area contributed by atoms with Crippen LogP contribution in [0.3, 0.4) is 0 Å². The lowest BCUT2D eigenvalue weighted by Crippen LogP contribution is -2.11. The molecule has 0 unspecified atom stereocenters. The average molecular weight is 742 g/mol. The quantitative estimate of drug-likeness (QED) is 0.155. The molecular formula is C55H39N3. The summed E-state index contributed by atoms with van der Waals surface area (Å²) >= 11 is 0. The van der Waals surface area contributed by atoms with E-state index in [-0.39, 0.29) is 0 Å². The van der Waals surface area contributed by atoms with E-state index in [0.29, 0.717) is 5.92 Å². The molecule has 0 saturated heterocycles. The van der Waals surface area contributed by atoms with Crippen LogP contribution in [0.1, 0.15) is 25.3 Å². The van der Waals surface area contributed by atoms with Crippen molar-refractivity contribution in [2.75, 3.05) is 4.90 Å². The molecule has 3 heteroatoms. The lowest BCUT2D eigenvalue weighted by Gasteiger charge is -2.28. The van der Waals surface area contributed by atoms with Gasteiger partial charge in [0.25, 0.3) is 0 Å². The van der Waals surface area contributed by atoms with Gasteiger partial charge in [-0.25, -0.2) is 0 Å². The molecule has 0 atom stereocenters. The van der Waals surface area contributed by atoms with Crippen LogP contribution >= 0.6 is 0 Å². The van der Waals surface area contributed by atoms with E-state index in [1.807, 2.05) is 0 Å². The van der Waals surface area contributed by atoms with E-state index in [1.165, 1.54) is 81.5 Å². The normalized spacial score (nSPS) is 12.1. The van der Waals surface area contributed by atoms with Crippen molar-refractivity contribution in [3.05, 3.63) is 200 Å². The third-order valence-corrected chi connectivity index (χ3v) is 12.4. The first kappa shape index (κ1) is 32.8. The fraction of sp³-hybridized carbons (Fsp3) is 0.0545. The van der Waals surface area contributed by atoms with Crippen molar-refractivity contribution >= 4 is 93.0 Å². The second-order valence-corrected chi connectivity index (χ2v) is 15.9. The summed E-state index contributed by atoms with van der Waals surface area (Å²) in [7, 11) is 0. The second kappa shape index (κ2) is 12.6. The Kier molecular flexibility index (Phi) is 7.12. The smallest absolute Gasteiger partial charge is 0.0542 e. The van der Waals surface area contributed by atoms with Crippen LogP contribution in [0.15, 0.2) is 194 Å². The zero-order chi connectivity index (χ0) is 38.5. The Balaban J connectivity index is 1.17. The summed E-state index contributed by atoms with van der Waals surface area (Å²) in [5, 5.41) is 12.7. The molecule has 3 nitrogen and oxygen atoms in total. The highest BCUT2D eigenvalue weighted by Gasteiger charge is 2.23. The van der Waals surface area contributed by atoms with Crippen molar-refractivity contribution < 1.29 is 0 Å². The minimum absolute atomic E-state index is 0.426. The Hall–Kier alpha value is -7.36. The molecule has 12 aromatic rings. The Labute approximate surface area is 336 Å². The fourth-order valence-electron chi connectivity index (χ4n) is 9.84. The zero-order valence-electron chi connectivity index (χ0n) is 32.4. The van der Waals surface area contributed by atoms with E-state index in [2.05, 4.69) is 222 Å². The molecule has 0 spiro atoms. The second-order valence-electron chi connectivity index (χ2n) is 15.9. The van der Waals surface area contributed by atoms with Crippen molar-refractivity contribution in [2.24, 2.45) is 0 Å². The van der Waals surface area contributed by atoms with Gasteiger partial charge in [0.2, 0.25) is 0 Å². The van der Waals surface area contributed by atoms with Gasteiger partial charge >= 0.3 is 0 Å². The van der Waals surface area contributed by atoms with Crippen molar-refractivity contribution in [1.29, 1.82) is 0 Å². The van der Waals surface area contributed by atoms with Crippen LogP contribution in [0, 0.1) is 0 Å². The molecule has 0 aliphatic heterocycles. The van der Waals surface area contributed by atoms with Crippen molar-refractivity contribution in [2.45, 2.75) is 19.8 Å². The van der Waals surface area contributed by atoms with E-state index in [0.717, 1.165) is 28.4 Å². The molecule has 0 fully saturated rings. The number of nitrogens with zero attached hydrogens (tertiary/aromatic N) is 3. The van der Waals surface area contributed by atoms with Crippen LogP contribution in [0.4, 0.5) is 17.1 Å². The van der Waals surface area contributed by atoms with Crippen molar-refractivity contribution in [3.63, 3.8) is 0 Å². The van der Waals surface area contributed by atoms with Gasteiger partial charge in [0.15, 0.2) is 0 Å². The van der Waals surface area contributed by atoms with Gasteiger partial charge in [-0.1, -0.05) is 129 Å². The van der Waals surface area contributed by atoms with Crippen LogP contribution in [0.25, 0.3) is 87.3 Å². The Morgan fingerprint density at radius 1 is 0.362 bits per heavy atom. The standard InChI is InChI=1S/C55H39N3/c1-35(2)42-27-21-36-23-29-46-51(30-24-37-22-28-45(42)54(36)55(37)46)56(40-25-31-52-47(33-40)43-17-9-11-19-49(43)57(52)38-13-5-3-6-14-38)41-26-32-53-48(34-41)44-18-10-12-20-50(44)58(53)39-15-7-4-8-16-39/h3-35H,1-2H3. The number of aromatic nitrogens is 2. The van der Waals surface area contributed by atoms with E-state index in [4.69, 9.17) is 0 Å². The summed E-state index contributed by atoms with van der Waals surface area (Å²) in [4.78, 5) is 2.50. The fourth-order valence-corrected chi connectivity index (χ4v) is 9.84. The Morgan fingerprint density at radius 2 is 0.810 bits per heavy atom. The summed E-state index contributed by atoms with van der Waals surface area (Å²) in [6, 6.07) is 71.7. The lowest BCUT2D eigenvalue weighted by atomic mass is 9.88. The van der Waals surface area contributed by atoms with Gasteiger partial charge in [-0.2, -0.15) is 0 Å². The zero-order valence-corrected chi connectivity index (χ0v) is 32.4. The summed E-state index contributed by atoms with van der Waals surface area (Å²) in [5.74, 6) is 0.426.